The van der Waals surface area contributed by atoms with Crippen LogP contribution in [-0.4, -0.2) is 30.4 Å². The number of nitrogens with one attached hydrogen (secondary N) is 2. The number of fused-ring (bicyclic) bond motifs is 1. The molecule has 0 aromatic heterocycles. The van der Waals surface area contributed by atoms with Gasteiger partial charge < -0.3 is 20.5 Å². The molecule has 3 N–H and O–H groups in total. The summed E-state index contributed by atoms with van der Waals surface area (Å²) >= 11 is 6.06. The van der Waals surface area contributed by atoms with Gasteiger partial charge in [0.05, 0.1) is 19.3 Å². The van der Waals surface area contributed by atoms with E-state index in [2.05, 4.69) is 10.6 Å². The molecule has 0 bridgehead atoms. The molecule has 0 spiro atoms. The van der Waals surface area contributed by atoms with E-state index in [1.807, 2.05) is 13.0 Å². The summed E-state index contributed by atoms with van der Waals surface area (Å²) in [5.74, 6) is 0.823. The lowest BCUT2D eigenvalue weighted by molar-refractivity contribution is 0.214. The first-order chi connectivity index (χ1) is 9.63. The Hall–Kier alpha value is -1.46. The Morgan fingerprint density at radius 1 is 1.55 bits per heavy atom. The molecule has 2 amide bonds. The molecule has 2 rings (SSSR count). The predicted molar refractivity (Wildman–Crippen MR) is 77.2 cm³/mol. The van der Waals surface area contributed by atoms with Gasteiger partial charge in [0.1, 0.15) is 5.75 Å². The highest BCUT2D eigenvalue weighted by Gasteiger charge is 2.18. The number of ether oxygens (including phenoxy) is 1. The van der Waals surface area contributed by atoms with E-state index in [1.165, 1.54) is 0 Å². The molecule has 1 heterocycles. The smallest absolute Gasteiger partial charge is 0.315 e. The Kier molecular flexibility index (Phi) is 5.09. The molecule has 0 saturated carbocycles. The summed E-state index contributed by atoms with van der Waals surface area (Å²) in [4.78, 5) is 11.7. The van der Waals surface area contributed by atoms with Gasteiger partial charge in [-0.25, -0.2) is 4.79 Å². The fourth-order valence-electron chi connectivity index (χ4n) is 2.17. The van der Waals surface area contributed by atoms with Gasteiger partial charge in [0, 0.05) is 23.6 Å². The van der Waals surface area contributed by atoms with E-state index in [0.717, 1.165) is 23.3 Å². The van der Waals surface area contributed by atoms with Crippen LogP contribution in [0.2, 0.25) is 5.02 Å². The molecule has 0 radical (unpaired) electrons. The average molecular weight is 299 g/mol. The normalized spacial score (nSPS) is 14.3. The SMILES string of the molecule is CC[C@@H](CO)NC(=O)NCc1cc(Cl)cc2c1OCC2. The first-order valence-electron chi connectivity index (χ1n) is 6.73. The number of hydrogen-bond acceptors (Lipinski definition) is 3. The molecule has 5 nitrogen and oxygen atoms in total. The Bertz CT molecular complexity index is 490. The summed E-state index contributed by atoms with van der Waals surface area (Å²) < 4.78 is 5.57. The lowest BCUT2D eigenvalue weighted by Crippen LogP contribution is -2.43. The highest BCUT2D eigenvalue weighted by atomic mass is 35.5. The average Bonchev–Trinajstić information content (AvgIpc) is 2.90. The molecule has 1 aromatic rings. The van der Waals surface area contributed by atoms with Crippen molar-refractivity contribution < 1.29 is 14.6 Å². The van der Waals surface area contributed by atoms with Crippen molar-refractivity contribution in [1.82, 2.24) is 10.6 Å². The van der Waals surface area contributed by atoms with Crippen molar-refractivity contribution in [3.8, 4) is 5.75 Å². The molecule has 6 heteroatoms. The van der Waals surface area contributed by atoms with E-state index in [0.29, 0.717) is 24.6 Å². The summed E-state index contributed by atoms with van der Waals surface area (Å²) in [5.41, 5.74) is 1.95. The van der Waals surface area contributed by atoms with Crippen molar-refractivity contribution in [3.05, 3.63) is 28.3 Å². The molecular formula is C14H19ClN2O3. The fourth-order valence-corrected chi connectivity index (χ4v) is 2.43. The van der Waals surface area contributed by atoms with Crippen LogP contribution in [0.4, 0.5) is 4.79 Å². The van der Waals surface area contributed by atoms with Gasteiger partial charge in [0.25, 0.3) is 0 Å². The Morgan fingerprint density at radius 2 is 2.35 bits per heavy atom. The van der Waals surface area contributed by atoms with Crippen LogP contribution < -0.4 is 15.4 Å². The van der Waals surface area contributed by atoms with E-state index < -0.39 is 0 Å². The first kappa shape index (κ1) is 14.9. The number of urea groups is 1. The minimum Gasteiger partial charge on any atom is -0.493 e. The van der Waals surface area contributed by atoms with Crippen molar-refractivity contribution in [2.45, 2.75) is 32.4 Å². The molecule has 20 heavy (non-hydrogen) atoms. The number of halogens is 1. The van der Waals surface area contributed by atoms with Crippen LogP contribution in [-0.2, 0) is 13.0 Å². The zero-order chi connectivity index (χ0) is 14.5. The van der Waals surface area contributed by atoms with Crippen LogP contribution in [0, 0.1) is 0 Å². The van der Waals surface area contributed by atoms with Gasteiger partial charge in [-0.1, -0.05) is 18.5 Å². The maximum Gasteiger partial charge on any atom is 0.315 e. The van der Waals surface area contributed by atoms with Crippen molar-refractivity contribution in [1.29, 1.82) is 0 Å². The van der Waals surface area contributed by atoms with E-state index in [4.69, 9.17) is 21.4 Å². The molecule has 0 saturated heterocycles. The predicted octanol–water partition coefficient (Wildman–Crippen LogP) is 1.84. The van der Waals surface area contributed by atoms with Gasteiger partial charge in [-0.15, -0.1) is 0 Å². The van der Waals surface area contributed by atoms with Gasteiger partial charge in [-0.3, -0.25) is 0 Å². The van der Waals surface area contributed by atoms with E-state index >= 15 is 0 Å². The molecular weight excluding hydrogens is 280 g/mol. The second-order valence-electron chi connectivity index (χ2n) is 4.77. The number of hydrogen-bond donors (Lipinski definition) is 3. The van der Waals surface area contributed by atoms with Crippen molar-refractivity contribution in [2.75, 3.05) is 13.2 Å². The standard InChI is InChI=1S/C14H19ClN2O3/c1-2-12(8-18)17-14(19)16-7-10-6-11(15)5-9-3-4-20-13(9)10/h5-6,12,18H,2-4,7-8H2,1H3,(H2,16,17,19)/t12-/m0/s1. The van der Waals surface area contributed by atoms with E-state index in [9.17, 15) is 4.79 Å². The lowest BCUT2D eigenvalue weighted by Gasteiger charge is -2.15. The lowest BCUT2D eigenvalue weighted by atomic mass is 10.1. The number of aliphatic hydroxyl groups is 1. The molecule has 1 atom stereocenters. The summed E-state index contributed by atoms with van der Waals surface area (Å²) in [5, 5.41) is 15.1. The number of rotatable bonds is 5. The number of benzene rings is 1. The largest absolute Gasteiger partial charge is 0.493 e. The monoisotopic (exact) mass is 298 g/mol. The zero-order valence-electron chi connectivity index (χ0n) is 11.4. The van der Waals surface area contributed by atoms with E-state index in [-0.39, 0.29) is 18.7 Å². The third-order valence-electron chi connectivity index (χ3n) is 3.31. The van der Waals surface area contributed by atoms with Crippen LogP contribution in [0.25, 0.3) is 0 Å². The maximum absolute atomic E-state index is 11.7. The maximum atomic E-state index is 11.7. The Labute approximate surface area is 123 Å². The van der Waals surface area contributed by atoms with Crippen LogP contribution in [0.5, 0.6) is 5.75 Å². The third kappa shape index (κ3) is 3.55. The molecule has 0 aliphatic carbocycles. The molecule has 1 aliphatic heterocycles. The van der Waals surface area contributed by atoms with E-state index in [1.54, 1.807) is 6.07 Å². The van der Waals surface area contributed by atoms with Gasteiger partial charge >= 0.3 is 6.03 Å². The van der Waals surface area contributed by atoms with Crippen LogP contribution >= 0.6 is 11.6 Å². The highest BCUT2D eigenvalue weighted by Crippen LogP contribution is 2.32. The minimum absolute atomic E-state index is 0.0698. The summed E-state index contributed by atoms with van der Waals surface area (Å²) in [7, 11) is 0. The zero-order valence-corrected chi connectivity index (χ0v) is 12.2. The van der Waals surface area contributed by atoms with Crippen molar-refractivity contribution >= 4 is 17.6 Å². The number of carbonyl (C=O) groups excluding carboxylic acids is 1. The third-order valence-corrected chi connectivity index (χ3v) is 3.53. The van der Waals surface area contributed by atoms with Gasteiger partial charge in [-0.2, -0.15) is 0 Å². The number of amides is 2. The van der Waals surface area contributed by atoms with Gasteiger partial charge in [-0.05, 0) is 24.1 Å². The molecule has 1 aromatic carbocycles. The molecule has 110 valence electrons. The molecule has 0 fully saturated rings. The number of carbonyl (C=O) groups is 1. The fraction of sp³-hybridized carbons (Fsp3) is 0.500. The second-order valence-corrected chi connectivity index (χ2v) is 5.20. The molecule has 1 aliphatic rings. The quantitative estimate of drug-likeness (QED) is 0.777. The summed E-state index contributed by atoms with van der Waals surface area (Å²) in [6.07, 6.45) is 1.52. The van der Waals surface area contributed by atoms with Crippen LogP contribution in [0.3, 0.4) is 0 Å². The summed E-state index contributed by atoms with van der Waals surface area (Å²) in [6.45, 7) is 2.83. The molecule has 0 unspecified atom stereocenters. The minimum atomic E-state index is -0.308. The second kappa shape index (κ2) is 6.81. The topological polar surface area (TPSA) is 70.6 Å². The van der Waals surface area contributed by atoms with Gasteiger partial charge in [0.2, 0.25) is 0 Å². The number of aliphatic hydroxyl groups excluding tert-OH is 1. The Morgan fingerprint density at radius 3 is 3.05 bits per heavy atom. The Balaban J connectivity index is 1.96. The van der Waals surface area contributed by atoms with Crippen molar-refractivity contribution in [3.63, 3.8) is 0 Å². The first-order valence-corrected chi connectivity index (χ1v) is 7.11. The summed E-state index contributed by atoms with van der Waals surface area (Å²) in [6, 6.07) is 3.16. The highest BCUT2D eigenvalue weighted by molar-refractivity contribution is 6.30. The van der Waals surface area contributed by atoms with Crippen molar-refractivity contribution in [2.24, 2.45) is 0 Å². The van der Waals surface area contributed by atoms with Crippen LogP contribution in [0.15, 0.2) is 12.1 Å². The van der Waals surface area contributed by atoms with Gasteiger partial charge in [0.15, 0.2) is 0 Å². The van der Waals surface area contributed by atoms with Crippen LogP contribution in [0.1, 0.15) is 24.5 Å².